The summed E-state index contributed by atoms with van der Waals surface area (Å²) in [6, 6.07) is 0.399. The molecule has 1 aliphatic carbocycles. The van der Waals surface area contributed by atoms with Crippen LogP contribution >= 0.6 is 0 Å². The summed E-state index contributed by atoms with van der Waals surface area (Å²) in [5.74, 6) is 1.79. The maximum absolute atomic E-state index is 9.79. The standard InChI is InChI=1S/C14H29N3O/c1-5-15-14(17-11(4)10(2)3)16-9-12-7-6-8-13(12)18/h10-13,18H,5-9H2,1-4H3,(H2,15,16,17). The van der Waals surface area contributed by atoms with Crippen molar-refractivity contribution in [1.82, 2.24) is 10.6 Å². The van der Waals surface area contributed by atoms with Crippen LogP contribution in [0, 0.1) is 11.8 Å². The summed E-state index contributed by atoms with van der Waals surface area (Å²) < 4.78 is 0. The zero-order valence-electron chi connectivity index (χ0n) is 12.2. The number of hydrogen-bond donors (Lipinski definition) is 3. The molecule has 106 valence electrons. The Kier molecular flexibility index (Phi) is 6.47. The molecule has 3 N–H and O–H groups in total. The van der Waals surface area contributed by atoms with Gasteiger partial charge < -0.3 is 15.7 Å². The van der Waals surface area contributed by atoms with Crippen molar-refractivity contribution in [3.63, 3.8) is 0 Å². The smallest absolute Gasteiger partial charge is 0.191 e. The first-order valence-corrected chi connectivity index (χ1v) is 7.27. The minimum Gasteiger partial charge on any atom is -0.393 e. The maximum Gasteiger partial charge on any atom is 0.191 e. The number of rotatable bonds is 5. The van der Waals surface area contributed by atoms with Crippen molar-refractivity contribution in [3.8, 4) is 0 Å². The first kappa shape index (κ1) is 15.3. The van der Waals surface area contributed by atoms with Gasteiger partial charge in [-0.25, -0.2) is 0 Å². The molecular weight excluding hydrogens is 226 g/mol. The predicted octanol–water partition coefficient (Wildman–Crippen LogP) is 1.75. The SMILES string of the molecule is CCNC(=NCC1CCCC1O)NC(C)C(C)C. The van der Waals surface area contributed by atoms with Crippen molar-refractivity contribution in [1.29, 1.82) is 0 Å². The van der Waals surface area contributed by atoms with Gasteiger partial charge in [0, 0.05) is 25.0 Å². The molecule has 0 aromatic carbocycles. The molecule has 1 saturated carbocycles. The highest BCUT2D eigenvalue weighted by molar-refractivity contribution is 5.80. The van der Waals surface area contributed by atoms with Crippen molar-refractivity contribution in [3.05, 3.63) is 0 Å². The molecule has 1 fully saturated rings. The largest absolute Gasteiger partial charge is 0.393 e. The number of hydrogen-bond acceptors (Lipinski definition) is 2. The molecule has 0 bridgehead atoms. The number of guanidine groups is 1. The molecule has 18 heavy (non-hydrogen) atoms. The van der Waals surface area contributed by atoms with Crippen LogP contribution in [0.2, 0.25) is 0 Å². The molecule has 4 nitrogen and oxygen atoms in total. The summed E-state index contributed by atoms with van der Waals surface area (Å²) >= 11 is 0. The fraction of sp³-hybridized carbons (Fsp3) is 0.929. The van der Waals surface area contributed by atoms with Crippen molar-refractivity contribution in [2.24, 2.45) is 16.8 Å². The summed E-state index contributed by atoms with van der Waals surface area (Å²) in [6.45, 7) is 10.2. The number of aliphatic hydroxyl groups is 1. The Morgan fingerprint density at radius 2 is 2.06 bits per heavy atom. The number of nitrogens with one attached hydrogen (secondary N) is 2. The van der Waals surface area contributed by atoms with Crippen LogP contribution in [0.1, 0.15) is 47.0 Å². The van der Waals surface area contributed by atoms with Crippen molar-refractivity contribution >= 4 is 5.96 Å². The van der Waals surface area contributed by atoms with Gasteiger partial charge in [0.15, 0.2) is 5.96 Å². The van der Waals surface area contributed by atoms with Gasteiger partial charge in [-0.2, -0.15) is 0 Å². The van der Waals surface area contributed by atoms with Crippen molar-refractivity contribution in [2.75, 3.05) is 13.1 Å². The zero-order valence-corrected chi connectivity index (χ0v) is 12.2. The van der Waals surface area contributed by atoms with E-state index in [0.29, 0.717) is 17.9 Å². The van der Waals surface area contributed by atoms with E-state index in [4.69, 9.17) is 0 Å². The third-order valence-corrected chi connectivity index (χ3v) is 3.81. The molecule has 0 saturated heterocycles. The highest BCUT2D eigenvalue weighted by Gasteiger charge is 2.24. The Hall–Kier alpha value is -0.770. The quantitative estimate of drug-likeness (QED) is 0.518. The van der Waals surface area contributed by atoms with Gasteiger partial charge in [-0.3, -0.25) is 4.99 Å². The normalized spacial score (nSPS) is 26.4. The molecule has 1 aliphatic rings. The Labute approximate surface area is 111 Å². The van der Waals surface area contributed by atoms with E-state index in [0.717, 1.165) is 38.3 Å². The third-order valence-electron chi connectivity index (χ3n) is 3.81. The summed E-state index contributed by atoms with van der Waals surface area (Å²) in [6.07, 6.45) is 3.02. The minimum atomic E-state index is -0.154. The first-order chi connectivity index (χ1) is 8.54. The molecule has 0 amide bonds. The van der Waals surface area contributed by atoms with Crippen LogP contribution in [0.5, 0.6) is 0 Å². The number of nitrogens with zero attached hydrogens (tertiary/aromatic N) is 1. The maximum atomic E-state index is 9.79. The van der Waals surface area contributed by atoms with Crippen LogP contribution in [0.25, 0.3) is 0 Å². The van der Waals surface area contributed by atoms with Gasteiger partial charge in [0.25, 0.3) is 0 Å². The van der Waals surface area contributed by atoms with E-state index in [1.54, 1.807) is 0 Å². The lowest BCUT2D eigenvalue weighted by Gasteiger charge is -2.21. The lowest BCUT2D eigenvalue weighted by atomic mass is 10.1. The van der Waals surface area contributed by atoms with Gasteiger partial charge in [0.1, 0.15) is 0 Å². The second-order valence-electron chi connectivity index (χ2n) is 5.65. The molecule has 3 atom stereocenters. The van der Waals surface area contributed by atoms with Gasteiger partial charge in [0.05, 0.1) is 6.10 Å². The Morgan fingerprint density at radius 3 is 2.56 bits per heavy atom. The molecule has 0 aromatic rings. The Morgan fingerprint density at radius 1 is 1.33 bits per heavy atom. The fourth-order valence-electron chi connectivity index (χ4n) is 2.14. The fourth-order valence-corrected chi connectivity index (χ4v) is 2.14. The highest BCUT2D eigenvalue weighted by Crippen LogP contribution is 2.25. The van der Waals surface area contributed by atoms with Crippen LogP contribution in [0.15, 0.2) is 4.99 Å². The van der Waals surface area contributed by atoms with E-state index in [-0.39, 0.29) is 6.10 Å². The van der Waals surface area contributed by atoms with Crippen molar-refractivity contribution < 1.29 is 5.11 Å². The van der Waals surface area contributed by atoms with Gasteiger partial charge in [-0.05, 0) is 32.6 Å². The molecule has 0 aromatic heterocycles. The van der Waals surface area contributed by atoms with Crippen LogP contribution < -0.4 is 10.6 Å². The van der Waals surface area contributed by atoms with Crippen LogP contribution in [0.4, 0.5) is 0 Å². The van der Waals surface area contributed by atoms with Gasteiger partial charge in [0.2, 0.25) is 0 Å². The van der Waals surface area contributed by atoms with Crippen LogP contribution in [0.3, 0.4) is 0 Å². The number of aliphatic hydroxyl groups excluding tert-OH is 1. The molecule has 4 heteroatoms. The average molecular weight is 255 g/mol. The van der Waals surface area contributed by atoms with Crippen LogP contribution in [-0.2, 0) is 0 Å². The van der Waals surface area contributed by atoms with E-state index in [9.17, 15) is 5.11 Å². The van der Waals surface area contributed by atoms with Gasteiger partial charge in [-0.15, -0.1) is 0 Å². The molecule has 0 radical (unpaired) electrons. The third kappa shape index (κ3) is 4.84. The summed E-state index contributed by atoms with van der Waals surface area (Å²) in [5.41, 5.74) is 0. The van der Waals surface area contributed by atoms with Crippen molar-refractivity contribution in [2.45, 2.75) is 59.1 Å². The highest BCUT2D eigenvalue weighted by atomic mass is 16.3. The second-order valence-corrected chi connectivity index (χ2v) is 5.65. The monoisotopic (exact) mass is 255 g/mol. The van der Waals surface area contributed by atoms with E-state index >= 15 is 0 Å². The number of aliphatic imine (C=N–C) groups is 1. The minimum absolute atomic E-state index is 0.154. The van der Waals surface area contributed by atoms with Crippen LogP contribution in [-0.4, -0.2) is 36.3 Å². The topological polar surface area (TPSA) is 56.7 Å². The van der Waals surface area contributed by atoms with E-state index < -0.39 is 0 Å². The summed E-state index contributed by atoms with van der Waals surface area (Å²) in [7, 11) is 0. The molecule has 3 unspecified atom stereocenters. The lowest BCUT2D eigenvalue weighted by Crippen LogP contribution is -2.44. The van der Waals surface area contributed by atoms with Gasteiger partial charge >= 0.3 is 0 Å². The Balaban J connectivity index is 2.49. The summed E-state index contributed by atoms with van der Waals surface area (Å²) in [4.78, 5) is 4.60. The second kappa shape index (κ2) is 7.62. The predicted molar refractivity (Wildman–Crippen MR) is 76.8 cm³/mol. The Bertz CT molecular complexity index is 266. The molecule has 0 spiro atoms. The van der Waals surface area contributed by atoms with E-state index in [2.05, 4.69) is 43.3 Å². The molecule has 0 aliphatic heterocycles. The molecule has 0 heterocycles. The van der Waals surface area contributed by atoms with E-state index in [1.807, 2.05) is 0 Å². The van der Waals surface area contributed by atoms with E-state index in [1.165, 1.54) is 0 Å². The zero-order chi connectivity index (χ0) is 13.5. The average Bonchev–Trinajstić information content (AvgIpc) is 2.72. The first-order valence-electron chi connectivity index (χ1n) is 7.27. The lowest BCUT2D eigenvalue weighted by molar-refractivity contribution is 0.136. The molecule has 1 rings (SSSR count). The van der Waals surface area contributed by atoms with Gasteiger partial charge in [-0.1, -0.05) is 20.3 Å². The summed E-state index contributed by atoms with van der Waals surface area (Å²) in [5, 5.41) is 16.5. The molecular formula is C14H29N3O.